The first-order valence-electron chi connectivity index (χ1n) is 7.17. The Kier molecular flexibility index (Phi) is 2.89. The largest absolute Gasteiger partial charge is 0.341 e. The lowest BCUT2D eigenvalue weighted by Gasteiger charge is -2.37. The number of likely N-dealkylation sites (tertiary alicyclic amines) is 1. The summed E-state index contributed by atoms with van der Waals surface area (Å²) in [7, 11) is 0. The fourth-order valence-corrected chi connectivity index (χ4v) is 4.15. The first-order valence-corrected chi connectivity index (χ1v) is 7.17. The van der Waals surface area contributed by atoms with Crippen LogP contribution in [0.15, 0.2) is 0 Å². The van der Waals surface area contributed by atoms with E-state index in [4.69, 9.17) is 5.73 Å². The molecule has 1 saturated heterocycles. The molecule has 2 N–H and O–H groups in total. The first-order chi connectivity index (χ1) is 8.13. The zero-order valence-corrected chi connectivity index (χ0v) is 10.8. The van der Waals surface area contributed by atoms with E-state index in [1.807, 2.05) is 0 Å². The van der Waals surface area contributed by atoms with Gasteiger partial charge in [-0.15, -0.1) is 0 Å². The zero-order valence-electron chi connectivity index (χ0n) is 10.8. The predicted octanol–water partition coefficient (Wildman–Crippen LogP) is 1.62. The van der Waals surface area contributed by atoms with Gasteiger partial charge >= 0.3 is 0 Å². The van der Waals surface area contributed by atoms with Crippen molar-refractivity contribution in [2.45, 2.75) is 45.1 Å². The minimum Gasteiger partial charge on any atom is -0.341 e. The second-order valence-corrected chi connectivity index (χ2v) is 6.58. The number of rotatable bonds is 2. The minimum absolute atomic E-state index is 0.186. The van der Waals surface area contributed by atoms with Crippen LogP contribution in [0.3, 0.4) is 0 Å². The smallest absolute Gasteiger partial charge is 0.222 e. The molecule has 0 aromatic heterocycles. The van der Waals surface area contributed by atoms with Crippen LogP contribution in [0.2, 0.25) is 0 Å². The number of carbonyl (C=O) groups excluding carboxylic acids is 1. The number of amides is 1. The average molecular weight is 236 g/mol. The molecule has 5 unspecified atom stereocenters. The van der Waals surface area contributed by atoms with E-state index < -0.39 is 0 Å². The van der Waals surface area contributed by atoms with Gasteiger partial charge in [0.1, 0.15) is 0 Å². The van der Waals surface area contributed by atoms with E-state index in [2.05, 4.69) is 11.8 Å². The lowest BCUT2D eigenvalue weighted by Crippen LogP contribution is -2.52. The topological polar surface area (TPSA) is 46.3 Å². The van der Waals surface area contributed by atoms with Gasteiger partial charge in [-0.1, -0.05) is 13.3 Å². The van der Waals surface area contributed by atoms with Crippen molar-refractivity contribution < 1.29 is 4.79 Å². The van der Waals surface area contributed by atoms with Crippen LogP contribution in [0.5, 0.6) is 0 Å². The molecular formula is C14H24N2O. The number of piperidine rings is 1. The maximum absolute atomic E-state index is 12.0. The summed E-state index contributed by atoms with van der Waals surface area (Å²) in [6.07, 6.45) is 6.28. The second-order valence-electron chi connectivity index (χ2n) is 6.58. The Morgan fingerprint density at radius 3 is 2.82 bits per heavy atom. The Labute approximate surface area is 104 Å². The van der Waals surface area contributed by atoms with E-state index in [0.29, 0.717) is 18.2 Å². The van der Waals surface area contributed by atoms with E-state index >= 15 is 0 Å². The van der Waals surface area contributed by atoms with Gasteiger partial charge in [0.2, 0.25) is 5.91 Å². The number of nitrogens with zero attached hydrogens (tertiary/aromatic N) is 1. The highest BCUT2D eigenvalue weighted by Gasteiger charge is 2.41. The van der Waals surface area contributed by atoms with Crippen LogP contribution in [0.4, 0.5) is 0 Å². The van der Waals surface area contributed by atoms with Gasteiger partial charge in [-0.2, -0.15) is 0 Å². The SMILES string of the molecule is CC1CC(=O)N(CC2CC3CCC2C3)CC1N. The third-order valence-electron chi connectivity index (χ3n) is 5.35. The Morgan fingerprint density at radius 1 is 1.35 bits per heavy atom. The van der Waals surface area contributed by atoms with Gasteiger partial charge in [0.15, 0.2) is 0 Å². The van der Waals surface area contributed by atoms with Crippen molar-refractivity contribution >= 4 is 5.91 Å². The maximum Gasteiger partial charge on any atom is 0.222 e. The molecule has 3 nitrogen and oxygen atoms in total. The molecule has 1 heterocycles. The highest BCUT2D eigenvalue weighted by Crippen LogP contribution is 2.48. The summed E-state index contributed by atoms with van der Waals surface area (Å²) in [5.41, 5.74) is 6.09. The third kappa shape index (κ3) is 2.10. The number of fused-ring (bicyclic) bond motifs is 2. The summed E-state index contributed by atoms with van der Waals surface area (Å²) in [4.78, 5) is 14.1. The highest BCUT2D eigenvalue weighted by molar-refractivity contribution is 5.77. The Balaban J connectivity index is 1.59. The standard InChI is InChI=1S/C14H24N2O/c1-9-4-14(17)16(8-13(9)15)7-12-6-10-2-3-11(12)5-10/h9-13H,2-8,15H2,1H3. The van der Waals surface area contributed by atoms with Crippen LogP contribution < -0.4 is 5.73 Å². The molecule has 2 aliphatic carbocycles. The molecular weight excluding hydrogens is 212 g/mol. The van der Waals surface area contributed by atoms with Crippen LogP contribution in [-0.4, -0.2) is 29.9 Å². The van der Waals surface area contributed by atoms with Crippen LogP contribution in [0.25, 0.3) is 0 Å². The van der Waals surface area contributed by atoms with E-state index in [0.717, 1.165) is 30.8 Å². The number of hydrogen-bond donors (Lipinski definition) is 1. The van der Waals surface area contributed by atoms with Crippen molar-refractivity contribution in [2.75, 3.05) is 13.1 Å². The molecule has 3 heteroatoms. The lowest BCUT2D eigenvalue weighted by molar-refractivity contribution is -0.136. The molecule has 5 atom stereocenters. The van der Waals surface area contributed by atoms with Crippen molar-refractivity contribution in [2.24, 2.45) is 29.4 Å². The van der Waals surface area contributed by atoms with Crippen molar-refractivity contribution in [3.05, 3.63) is 0 Å². The molecule has 1 amide bonds. The van der Waals surface area contributed by atoms with Crippen LogP contribution >= 0.6 is 0 Å². The first kappa shape index (κ1) is 11.5. The number of nitrogens with two attached hydrogens (primary N) is 1. The van der Waals surface area contributed by atoms with Gasteiger partial charge in [-0.05, 0) is 42.9 Å². The van der Waals surface area contributed by atoms with Crippen molar-refractivity contribution in [1.29, 1.82) is 0 Å². The maximum atomic E-state index is 12.0. The predicted molar refractivity (Wildman–Crippen MR) is 67.3 cm³/mol. The van der Waals surface area contributed by atoms with Crippen LogP contribution in [0.1, 0.15) is 39.0 Å². The normalized spacial score (nSPS) is 45.6. The summed E-state index contributed by atoms with van der Waals surface area (Å²) in [5.74, 6) is 3.35. The molecule has 3 fully saturated rings. The summed E-state index contributed by atoms with van der Waals surface area (Å²) in [5, 5.41) is 0. The summed E-state index contributed by atoms with van der Waals surface area (Å²) >= 11 is 0. The van der Waals surface area contributed by atoms with Crippen molar-refractivity contribution in [1.82, 2.24) is 4.90 Å². The quantitative estimate of drug-likeness (QED) is 0.792. The molecule has 96 valence electrons. The second kappa shape index (κ2) is 4.27. The number of carbonyl (C=O) groups is 1. The zero-order chi connectivity index (χ0) is 12.0. The van der Waals surface area contributed by atoms with E-state index in [1.54, 1.807) is 0 Å². The molecule has 0 radical (unpaired) electrons. The van der Waals surface area contributed by atoms with Gasteiger partial charge in [-0.25, -0.2) is 0 Å². The van der Waals surface area contributed by atoms with Crippen molar-refractivity contribution in [3.8, 4) is 0 Å². The Morgan fingerprint density at radius 2 is 2.18 bits per heavy atom. The minimum atomic E-state index is 0.186. The summed E-state index contributed by atoms with van der Waals surface area (Å²) < 4.78 is 0. The van der Waals surface area contributed by atoms with E-state index in [9.17, 15) is 4.79 Å². The number of hydrogen-bond acceptors (Lipinski definition) is 2. The average Bonchev–Trinajstić information content (AvgIpc) is 2.87. The van der Waals surface area contributed by atoms with Crippen LogP contribution in [-0.2, 0) is 4.79 Å². The third-order valence-corrected chi connectivity index (χ3v) is 5.35. The Bertz CT molecular complexity index is 317. The van der Waals surface area contributed by atoms with E-state index in [-0.39, 0.29) is 6.04 Å². The molecule has 0 spiro atoms. The fraction of sp³-hybridized carbons (Fsp3) is 0.929. The van der Waals surface area contributed by atoms with Gasteiger partial charge in [-0.3, -0.25) is 4.79 Å². The summed E-state index contributed by atoms with van der Waals surface area (Å²) in [6, 6.07) is 0.186. The molecule has 0 aromatic carbocycles. The molecule has 1 aliphatic heterocycles. The van der Waals surface area contributed by atoms with Crippen LogP contribution in [0, 0.1) is 23.7 Å². The summed E-state index contributed by atoms with van der Waals surface area (Å²) in [6.45, 7) is 3.87. The fourth-order valence-electron chi connectivity index (χ4n) is 4.15. The highest BCUT2D eigenvalue weighted by atomic mass is 16.2. The monoisotopic (exact) mass is 236 g/mol. The molecule has 2 saturated carbocycles. The van der Waals surface area contributed by atoms with Gasteiger partial charge < -0.3 is 10.6 Å². The molecule has 2 bridgehead atoms. The van der Waals surface area contributed by atoms with Gasteiger partial charge in [0, 0.05) is 25.6 Å². The lowest BCUT2D eigenvalue weighted by atomic mass is 9.87. The molecule has 3 rings (SSSR count). The van der Waals surface area contributed by atoms with Crippen molar-refractivity contribution in [3.63, 3.8) is 0 Å². The Hall–Kier alpha value is -0.570. The van der Waals surface area contributed by atoms with Gasteiger partial charge in [0.25, 0.3) is 0 Å². The molecule has 0 aromatic rings. The molecule has 17 heavy (non-hydrogen) atoms. The van der Waals surface area contributed by atoms with Gasteiger partial charge in [0.05, 0.1) is 0 Å². The molecule has 3 aliphatic rings. The van der Waals surface area contributed by atoms with E-state index in [1.165, 1.54) is 25.7 Å².